The van der Waals surface area contributed by atoms with Gasteiger partial charge in [-0.2, -0.15) is 0 Å². The molecule has 2 aromatic rings. The van der Waals surface area contributed by atoms with Crippen molar-refractivity contribution in [2.45, 2.75) is 24.5 Å². The SMILES string of the molecule is O[C@H](COc1ccc(Cl)cc1)CN1CCC(O)(c2ccc(Cl)cc2)CC1. The number of piperidine rings is 1. The lowest BCUT2D eigenvalue weighted by Crippen LogP contribution is -2.46. The van der Waals surface area contributed by atoms with Crippen molar-refractivity contribution < 1.29 is 14.9 Å². The largest absolute Gasteiger partial charge is 0.491 e. The number of benzene rings is 2. The van der Waals surface area contributed by atoms with Gasteiger partial charge < -0.3 is 19.8 Å². The second kappa shape index (κ2) is 8.59. The Balaban J connectivity index is 1.45. The topological polar surface area (TPSA) is 52.9 Å². The summed E-state index contributed by atoms with van der Waals surface area (Å²) in [5.74, 6) is 0.684. The molecular formula is C20H23Cl2NO3. The van der Waals surface area contributed by atoms with Crippen LogP contribution in [0.2, 0.25) is 10.0 Å². The lowest BCUT2D eigenvalue weighted by atomic mass is 9.84. The van der Waals surface area contributed by atoms with Gasteiger partial charge in [0.1, 0.15) is 18.5 Å². The maximum Gasteiger partial charge on any atom is 0.119 e. The monoisotopic (exact) mass is 395 g/mol. The Kier molecular flexibility index (Phi) is 6.43. The summed E-state index contributed by atoms with van der Waals surface area (Å²) in [6, 6.07) is 14.4. The van der Waals surface area contributed by atoms with Crippen LogP contribution in [0.3, 0.4) is 0 Å². The van der Waals surface area contributed by atoms with Crippen LogP contribution in [-0.2, 0) is 5.60 Å². The van der Waals surface area contributed by atoms with Gasteiger partial charge in [-0.25, -0.2) is 0 Å². The van der Waals surface area contributed by atoms with E-state index in [9.17, 15) is 10.2 Å². The van der Waals surface area contributed by atoms with Crippen molar-refractivity contribution in [1.82, 2.24) is 4.90 Å². The third kappa shape index (κ3) is 5.12. The van der Waals surface area contributed by atoms with Crippen LogP contribution in [0.4, 0.5) is 0 Å². The molecule has 0 amide bonds. The van der Waals surface area contributed by atoms with Crippen molar-refractivity contribution in [3.05, 3.63) is 64.1 Å². The quantitative estimate of drug-likeness (QED) is 0.782. The summed E-state index contributed by atoms with van der Waals surface area (Å²) >= 11 is 11.8. The van der Waals surface area contributed by atoms with Crippen LogP contribution in [0.15, 0.2) is 48.5 Å². The van der Waals surface area contributed by atoms with E-state index in [0.29, 0.717) is 35.2 Å². The lowest BCUT2D eigenvalue weighted by Gasteiger charge is -2.39. The third-order valence-electron chi connectivity index (χ3n) is 4.79. The Morgan fingerprint density at radius 1 is 0.962 bits per heavy atom. The van der Waals surface area contributed by atoms with E-state index in [1.807, 2.05) is 12.1 Å². The molecule has 0 bridgehead atoms. The highest BCUT2D eigenvalue weighted by atomic mass is 35.5. The van der Waals surface area contributed by atoms with Gasteiger partial charge in [0.05, 0.1) is 5.60 Å². The smallest absolute Gasteiger partial charge is 0.119 e. The van der Waals surface area contributed by atoms with E-state index in [1.54, 1.807) is 36.4 Å². The van der Waals surface area contributed by atoms with E-state index in [4.69, 9.17) is 27.9 Å². The van der Waals surface area contributed by atoms with Gasteiger partial charge in [0.25, 0.3) is 0 Å². The van der Waals surface area contributed by atoms with E-state index in [2.05, 4.69) is 4.90 Å². The molecular weight excluding hydrogens is 373 g/mol. The third-order valence-corrected chi connectivity index (χ3v) is 5.29. The first kappa shape index (κ1) is 19.5. The number of hydrogen-bond donors (Lipinski definition) is 2. The minimum atomic E-state index is -0.828. The maximum atomic E-state index is 10.9. The number of halogens is 2. The number of likely N-dealkylation sites (tertiary alicyclic amines) is 1. The number of hydrogen-bond acceptors (Lipinski definition) is 4. The van der Waals surface area contributed by atoms with Gasteiger partial charge in [-0.05, 0) is 54.8 Å². The molecule has 0 unspecified atom stereocenters. The number of ether oxygens (including phenoxy) is 1. The Labute approximate surface area is 163 Å². The standard InChI is InChI=1S/C20H23Cl2NO3/c21-16-3-1-15(2-4-16)20(25)9-11-23(12-10-20)13-18(24)14-26-19-7-5-17(22)6-8-19/h1-8,18,24-25H,9-14H2/t18-/m0/s1. The summed E-state index contributed by atoms with van der Waals surface area (Å²) in [6.07, 6.45) is 0.658. The molecule has 4 nitrogen and oxygen atoms in total. The van der Waals surface area contributed by atoms with E-state index >= 15 is 0 Å². The Morgan fingerprint density at radius 3 is 2.08 bits per heavy atom. The molecule has 1 aliphatic heterocycles. The Bertz CT molecular complexity index is 698. The molecule has 26 heavy (non-hydrogen) atoms. The zero-order valence-corrected chi connectivity index (χ0v) is 16.0. The summed E-state index contributed by atoms with van der Waals surface area (Å²) in [5, 5.41) is 22.4. The molecule has 2 aromatic carbocycles. The summed E-state index contributed by atoms with van der Waals surface area (Å²) in [4.78, 5) is 2.15. The molecule has 1 atom stereocenters. The second-order valence-corrected chi connectivity index (χ2v) is 7.63. The number of aliphatic hydroxyl groups excluding tert-OH is 1. The summed E-state index contributed by atoms with van der Waals surface area (Å²) in [7, 11) is 0. The fourth-order valence-corrected chi connectivity index (χ4v) is 3.48. The van der Waals surface area contributed by atoms with E-state index in [0.717, 1.165) is 18.7 Å². The van der Waals surface area contributed by atoms with Crippen molar-refractivity contribution in [1.29, 1.82) is 0 Å². The molecule has 0 spiro atoms. The molecule has 140 valence electrons. The first-order valence-electron chi connectivity index (χ1n) is 8.72. The Hall–Kier alpha value is -1.30. The molecule has 1 saturated heterocycles. The number of nitrogens with zero attached hydrogens (tertiary/aromatic N) is 1. The fraction of sp³-hybridized carbons (Fsp3) is 0.400. The second-order valence-electron chi connectivity index (χ2n) is 6.76. The molecule has 1 aliphatic rings. The van der Waals surface area contributed by atoms with E-state index in [-0.39, 0.29) is 6.61 Å². The molecule has 6 heteroatoms. The highest BCUT2D eigenvalue weighted by Crippen LogP contribution is 2.33. The van der Waals surface area contributed by atoms with Crippen LogP contribution in [0, 0.1) is 0 Å². The normalized spacial score (nSPS) is 18.5. The predicted molar refractivity (Wildman–Crippen MR) is 104 cm³/mol. The van der Waals surface area contributed by atoms with Crippen LogP contribution < -0.4 is 4.74 Å². The minimum Gasteiger partial charge on any atom is -0.491 e. The molecule has 1 fully saturated rings. The maximum absolute atomic E-state index is 10.9. The van der Waals surface area contributed by atoms with Crippen molar-refractivity contribution in [2.75, 3.05) is 26.2 Å². The molecule has 0 aliphatic carbocycles. The number of rotatable bonds is 6. The fourth-order valence-electron chi connectivity index (χ4n) is 3.23. The van der Waals surface area contributed by atoms with Gasteiger partial charge in [-0.1, -0.05) is 35.3 Å². The van der Waals surface area contributed by atoms with Crippen LogP contribution >= 0.6 is 23.2 Å². The highest BCUT2D eigenvalue weighted by molar-refractivity contribution is 6.30. The van der Waals surface area contributed by atoms with Crippen molar-refractivity contribution in [3.8, 4) is 5.75 Å². The van der Waals surface area contributed by atoms with Gasteiger partial charge in [-0.3, -0.25) is 0 Å². The molecule has 2 N–H and O–H groups in total. The van der Waals surface area contributed by atoms with Crippen LogP contribution in [0.25, 0.3) is 0 Å². The van der Waals surface area contributed by atoms with Gasteiger partial charge in [0, 0.05) is 29.7 Å². The summed E-state index contributed by atoms with van der Waals surface area (Å²) in [6.45, 7) is 2.18. The average Bonchev–Trinajstić information content (AvgIpc) is 2.64. The zero-order valence-electron chi connectivity index (χ0n) is 14.4. The van der Waals surface area contributed by atoms with Gasteiger partial charge in [0.2, 0.25) is 0 Å². The minimum absolute atomic E-state index is 0.222. The average molecular weight is 396 g/mol. The number of β-amino-alcohol motifs (C(OH)–C–C–N with tert-alkyl or cyclic N) is 1. The zero-order chi connectivity index (χ0) is 18.6. The van der Waals surface area contributed by atoms with Crippen LogP contribution in [0.1, 0.15) is 18.4 Å². The van der Waals surface area contributed by atoms with Crippen LogP contribution in [0.5, 0.6) is 5.75 Å². The van der Waals surface area contributed by atoms with Crippen molar-refractivity contribution in [2.24, 2.45) is 0 Å². The molecule has 3 rings (SSSR count). The lowest BCUT2D eigenvalue weighted by molar-refractivity contribution is -0.0372. The van der Waals surface area contributed by atoms with Crippen molar-refractivity contribution in [3.63, 3.8) is 0 Å². The summed E-state index contributed by atoms with van der Waals surface area (Å²) in [5.41, 5.74) is 0.0689. The van der Waals surface area contributed by atoms with Gasteiger partial charge in [0.15, 0.2) is 0 Å². The highest BCUT2D eigenvalue weighted by Gasteiger charge is 2.34. The van der Waals surface area contributed by atoms with E-state index in [1.165, 1.54) is 0 Å². The Morgan fingerprint density at radius 2 is 1.50 bits per heavy atom. The van der Waals surface area contributed by atoms with Gasteiger partial charge in [-0.15, -0.1) is 0 Å². The molecule has 0 radical (unpaired) electrons. The summed E-state index contributed by atoms with van der Waals surface area (Å²) < 4.78 is 5.59. The molecule has 0 aromatic heterocycles. The molecule has 1 heterocycles. The predicted octanol–water partition coefficient (Wildman–Crippen LogP) is 3.72. The van der Waals surface area contributed by atoms with Crippen LogP contribution in [-0.4, -0.2) is 47.5 Å². The first-order valence-corrected chi connectivity index (χ1v) is 9.47. The molecule has 0 saturated carbocycles. The first-order chi connectivity index (χ1) is 12.4. The van der Waals surface area contributed by atoms with Crippen molar-refractivity contribution >= 4 is 23.2 Å². The van der Waals surface area contributed by atoms with Gasteiger partial charge >= 0.3 is 0 Å². The number of aliphatic hydroxyl groups is 2. The van der Waals surface area contributed by atoms with E-state index < -0.39 is 11.7 Å².